The summed E-state index contributed by atoms with van der Waals surface area (Å²) < 4.78 is 4.65. The first-order valence-corrected chi connectivity index (χ1v) is 6.37. The second kappa shape index (κ2) is 6.58. The molecule has 5 heteroatoms. The number of aldehydes is 3. The van der Waals surface area contributed by atoms with E-state index in [9.17, 15) is 19.2 Å². The molecule has 2 rings (SSSR count). The topological polar surface area (TPSA) is 77.5 Å². The smallest absolute Gasteiger partial charge is 0.338 e. The monoisotopic (exact) mass is 296 g/mol. The van der Waals surface area contributed by atoms with Crippen LogP contribution in [-0.2, 0) is 4.74 Å². The van der Waals surface area contributed by atoms with E-state index >= 15 is 0 Å². The highest BCUT2D eigenvalue weighted by atomic mass is 16.5. The van der Waals surface area contributed by atoms with Gasteiger partial charge < -0.3 is 4.74 Å². The molecule has 0 atom stereocenters. The zero-order chi connectivity index (χ0) is 16.1. The molecule has 0 aliphatic heterocycles. The lowest BCUT2D eigenvalue weighted by atomic mass is 9.97. The van der Waals surface area contributed by atoms with Crippen molar-refractivity contribution in [3.8, 4) is 11.1 Å². The first-order valence-electron chi connectivity index (χ1n) is 6.37. The normalized spacial score (nSPS) is 9.86. The van der Waals surface area contributed by atoms with Crippen molar-refractivity contribution in [3.05, 3.63) is 58.7 Å². The van der Waals surface area contributed by atoms with Crippen molar-refractivity contribution in [3.63, 3.8) is 0 Å². The molecule has 0 fully saturated rings. The number of carbonyl (C=O) groups is 4. The third kappa shape index (κ3) is 2.83. The van der Waals surface area contributed by atoms with E-state index in [1.54, 1.807) is 18.2 Å². The Morgan fingerprint density at radius 3 is 1.91 bits per heavy atom. The van der Waals surface area contributed by atoms with Crippen LogP contribution in [0.4, 0.5) is 0 Å². The summed E-state index contributed by atoms with van der Waals surface area (Å²) in [5, 5.41) is 0. The number of carbonyl (C=O) groups excluding carboxylic acids is 4. The van der Waals surface area contributed by atoms with E-state index in [1.807, 2.05) is 0 Å². The third-order valence-corrected chi connectivity index (χ3v) is 3.26. The van der Waals surface area contributed by atoms with Crippen molar-refractivity contribution in [1.29, 1.82) is 0 Å². The van der Waals surface area contributed by atoms with Gasteiger partial charge >= 0.3 is 5.97 Å². The fourth-order valence-electron chi connectivity index (χ4n) is 2.09. The molecule has 0 amide bonds. The molecule has 0 saturated carbocycles. The zero-order valence-electron chi connectivity index (χ0n) is 11.7. The van der Waals surface area contributed by atoms with Gasteiger partial charge in [-0.3, -0.25) is 14.4 Å². The standard InChI is InChI=1S/C17H12O5/c1-22-17(21)16-7-12(3-5-14(16)9-19)11-2-4-13(8-18)15(6-11)10-20/h2-10H,1H3. The molecule has 0 N–H and O–H groups in total. The second-order valence-corrected chi connectivity index (χ2v) is 4.49. The number of hydrogen-bond acceptors (Lipinski definition) is 5. The Labute approximate surface area is 126 Å². The summed E-state index contributed by atoms with van der Waals surface area (Å²) >= 11 is 0. The predicted octanol–water partition coefficient (Wildman–Crippen LogP) is 2.58. The van der Waals surface area contributed by atoms with Crippen LogP contribution in [0, 0.1) is 0 Å². The Balaban J connectivity index is 2.58. The number of hydrogen-bond donors (Lipinski definition) is 0. The Morgan fingerprint density at radius 2 is 1.36 bits per heavy atom. The molecule has 0 unspecified atom stereocenters. The van der Waals surface area contributed by atoms with Crippen LogP contribution in [0.5, 0.6) is 0 Å². The molecule has 0 saturated heterocycles. The summed E-state index contributed by atoms with van der Waals surface area (Å²) in [4.78, 5) is 44.6. The van der Waals surface area contributed by atoms with Crippen LogP contribution in [0.15, 0.2) is 36.4 Å². The molecule has 5 nitrogen and oxygen atoms in total. The van der Waals surface area contributed by atoms with Gasteiger partial charge in [-0.05, 0) is 23.3 Å². The number of rotatable bonds is 5. The summed E-state index contributed by atoms with van der Waals surface area (Å²) in [6, 6.07) is 9.41. The van der Waals surface area contributed by atoms with Crippen molar-refractivity contribution < 1.29 is 23.9 Å². The predicted molar refractivity (Wildman–Crippen MR) is 79.4 cm³/mol. The quantitative estimate of drug-likeness (QED) is 0.626. The molecule has 0 aromatic heterocycles. The molecule has 0 spiro atoms. The highest BCUT2D eigenvalue weighted by Crippen LogP contribution is 2.24. The van der Waals surface area contributed by atoms with Crippen LogP contribution < -0.4 is 0 Å². The van der Waals surface area contributed by atoms with Crippen LogP contribution in [0.25, 0.3) is 11.1 Å². The summed E-state index contributed by atoms with van der Waals surface area (Å²) in [6.45, 7) is 0. The van der Waals surface area contributed by atoms with E-state index in [1.165, 1.54) is 25.3 Å². The lowest BCUT2D eigenvalue weighted by Crippen LogP contribution is -2.05. The van der Waals surface area contributed by atoms with Gasteiger partial charge in [0.2, 0.25) is 0 Å². The molecular weight excluding hydrogens is 284 g/mol. The molecule has 2 aromatic rings. The zero-order valence-corrected chi connectivity index (χ0v) is 11.7. The first-order chi connectivity index (χ1) is 10.6. The number of ether oxygens (including phenoxy) is 1. The molecule has 2 aromatic carbocycles. The fourth-order valence-corrected chi connectivity index (χ4v) is 2.09. The fraction of sp³-hybridized carbons (Fsp3) is 0.0588. The molecule has 0 aliphatic rings. The van der Waals surface area contributed by atoms with Gasteiger partial charge in [0.25, 0.3) is 0 Å². The van der Waals surface area contributed by atoms with E-state index in [4.69, 9.17) is 0 Å². The maximum absolute atomic E-state index is 11.7. The third-order valence-electron chi connectivity index (χ3n) is 3.26. The first kappa shape index (κ1) is 15.3. The molecule has 0 aliphatic carbocycles. The maximum Gasteiger partial charge on any atom is 0.338 e. The summed E-state index contributed by atoms with van der Waals surface area (Å²) in [7, 11) is 1.23. The maximum atomic E-state index is 11.7. The largest absolute Gasteiger partial charge is 0.465 e. The van der Waals surface area contributed by atoms with Crippen LogP contribution in [0.1, 0.15) is 41.4 Å². The minimum atomic E-state index is -0.621. The van der Waals surface area contributed by atoms with Crippen LogP contribution in [-0.4, -0.2) is 31.9 Å². The summed E-state index contributed by atoms with van der Waals surface area (Å²) in [5.41, 5.74) is 2.18. The van der Waals surface area contributed by atoms with Crippen LogP contribution in [0.2, 0.25) is 0 Å². The van der Waals surface area contributed by atoms with Gasteiger partial charge in [0.15, 0.2) is 18.9 Å². The Kier molecular flexibility index (Phi) is 4.58. The highest BCUT2D eigenvalue weighted by Gasteiger charge is 2.13. The highest BCUT2D eigenvalue weighted by molar-refractivity contribution is 6.00. The average molecular weight is 296 g/mol. The van der Waals surface area contributed by atoms with Gasteiger partial charge in [0.1, 0.15) is 0 Å². The molecule has 0 radical (unpaired) electrons. The van der Waals surface area contributed by atoms with Crippen LogP contribution >= 0.6 is 0 Å². The number of esters is 1. The van der Waals surface area contributed by atoms with Crippen molar-refractivity contribution in [1.82, 2.24) is 0 Å². The van der Waals surface area contributed by atoms with Gasteiger partial charge in [-0.1, -0.05) is 24.3 Å². The molecule has 0 bridgehead atoms. The minimum Gasteiger partial charge on any atom is -0.465 e. The average Bonchev–Trinajstić information content (AvgIpc) is 2.59. The van der Waals surface area contributed by atoms with Gasteiger partial charge in [-0.15, -0.1) is 0 Å². The minimum absolute atomic E-state index is 0.141. The van der Waals surface area contributed by atoms with E-state index in [2.05, 4.69) is 4.74 Å². The van der Waals surface area contributed by atoms with E-state index in [0.29, 0.717) is 30.0 Å². The van der Waals surface area contributed by atoms with Gasteiger partial charge in [0.05, 0.1) is 12.7 Å². The van der Waals surface area contributed by atoms with Crippen molar-refractivity contribution >= 4 is 24.8 Å². The molecule has 0 heterocycles. The second-order valence-electron chi connectivity index (χ2n) is 4.49. The van der Waals surface area contributed by atoms with Crippen molar-refractivity contribution in [2.45, 2.75) is 0 Å². The lowest BCUT2D eigenvalue weighted by Gasteiger charge is -2.08. The SMILES string of the molecule is COC(=O)c1cc(-c2ccc(C=O)c(C=O)c2)ccc1C=O. The molecule has 22 heavy (non-hydrogen) atoms. The Bertz CT molecular complexity index is 762. The van der Waals surface area contributed by atoms with Crippen LogP contribution in [0.3, 0.4) is 0 Å². The van der Waals surface area contributed by atoms with Crippen molar-refractivity contribution in [2.24, 2.45) is 0 Å². The van der Waals surface area contributed by atoms with E-state index in [0.717, 1.165) is 0 Å². The lowest BCUT2D eigenvalue weighted by molar-refractivity contribution is 0.0598. The van der Waals surface area contributed by atoms with Gasteiger partial charge in [-0.25, -0.2) is 4.79 Å². The Morgan fingerprint density at radius 1 is 0.818 bits per heavy atom. The van der Waals surface area contributed by atoms with E-state index in [-0.39, 0.29) is 22.3 Å². The number of methoxy groups -OCH3 is 1. The van der Waals surface area contributed by atoms with Crippen molar-refractivity contribution in [2.75, 3.05) is 7.11 Å². The molecular formula is C17H12O5. The summed E-state index contributed by atoms with van der Waals surface area (Å²) in [5.74, 6) is -0.621. The number of benzene rings is 2. The molecule has 110 valence electrons. The summed E-state index contributed by atoms with van der Waals surface area (Å²) in [6.07, 6.45) is 1.76. The Hall–Kier alpha value is -3.08. The van der Waals surface area contributed by atoms with Gasteiger partial charge in [0, 0.05) is 16.7 Å². The van der Waals surface area contributed by atoms with Gasteiger partial charge in [-0.2, -0.15) is 0 Å². The van der Waals surface area contributed by atoms with E-state index < -0.39 is 5.97 Å².